The number of carbonyl (C=O) groups is 1. The second-order valence-corrected chi connectivity index (χ2v) is 7.66. The molecule has 1 N–H and O–H groups in total. The van der Waals surface area contributed by atoms with Gasteiger partial charge in [-0.1, -0.05) is 47.5 Å². The van der Waals surface area contributed by atoms with Crippen molar-refractivity contribution in [1.29, 1.82) is 0 Å². The minimum atomic E-state index is -0.321. The Kier molecular flexibility index (Phi) is 6.58. The van der Waals surface area contributed by atoms with Gasteiger partial charge < -0.3 is 10.1 Å². The molecule has 3 atom stereocenters. The van der Waals surface area contributed by atoms with Crippen LogP contribution in [0.1, 0.15) is 36.8 Å². The van der Waals surface area contributed by atoms with Gasteiger partial charge in [0.2, 0.25) is 5.91 Å². The van der Waals surface area contributed by atoms with Crippen LogP contribution in [0.2, 0.25) is 10.0 Å². The van der Waals surface area contributed by atoms with Crippen molar-refractivity contribution >= 4 is 29.1 Å². The normalized spacial score (nSPS) is 19.1. The van der Waals surface area contributed by atoms with Gasteiger partial charge in [-0.2, -0.15) is 0 Å². The summed E-state index contributed by atoms with van der Waals surface area (Å²) in [5.41, 5.74) is 2.32. The smallest absolute Gasteiger partial charge is 0.249 e. The summed E-state index contributed by atoms with van der Waals surface area (Å²) < 4.78 is 5.50. The number of ether oxygens (including phenoxy) is 1. The van der Waals surface area contributed by atoms with Crippen LogP contribution in [0, 0.1) is 0 Å². The molecular weight excluding hydrogens is 369 g/mol. The Morgan fingerprint density at radius 1 is 1.12 bits per heavy atom. The molecule has 138 valence electrons. The fourth-order valence-corrected chi connectivity index (χ4v) is 3.62. The molecule has 1 unspecified atom stereocenters. The van der Waals surface area contributed by atoms with E-state index in [1.807, 2.05) is 55.5 Å². The molecule has 0 radical (unpaired) electrons. The lowest BCUT2D eigenvalue weighted by Gasteiger charge is -2.27. The average molecular weight is 392 g/mol. The number of carbonyl (C=O) groups excluding carboxylic acids is 1. The Morgan fingerprint density at radius 2 is 1.73 bits per heavy atom. The minimum Gasteiger partial charge on any atom is -0.368 e. The van der Waals surface area contributed by atoms with Gasteiger partial charge in [-0.3, -0.25) is 4.79 Å². The Balaban J connectivity index is 1.77. The van der Waals surface area contributed by atoms with Gasteiger partial charge in [0.25, 0.3) is 0 Å². The SMILES string of the molecule is C[C@@H](NC(=O)C1CCCO1)[C@H](Cc1ccc(Cl)cc1)c1ccc(Cl)cc1. The minimum absolute atomic E-state index is 0.0231. The van der Waals surface area contributed by atoms with Crippen LogP contribution in [-0.4, -0.2) is 24.7 Å². The number of rotatable bonds is 6. The Morgan fingerprint density at radius 3 is 2.31 bits per heavy atom. The lowest BCUT2D eigenvalue weighted by atomic mass is 9.86. The third-order valence-electron chi connectivity index (χ3n) is 4.86. The number of hydrogen-bond donors (Lipinski definition) is 1. The zero-order chi connectivity index (χ0) is 18.5. The van der Waals surface area contributed by atoms with E-state index >= 15 is 0 Å². The zero-order valence-electron chi connectivity index (χ0n) is 14.8. The van der Waals surface area contributed by atoms with Crippen LogP contribution in [0.4, 0.5) is 0 Å². The Bertz CT molecular complexity index is 725. The molecule has 26 heavy (non-hydrogen) atoms. The van der Waals surface area contributed by atoms with Crippen LogP contribution >= 0.6 is 23.2 Å². The van der Waals surface area contributed by atoms with Gasteiger partial charge in [0, 0.05) is 28.6 Å². The molecule has 0 spiro atoms. The quantitative estimate of drug-likeness (QED) is 0.751. The van der Waals surface area contributed by atoms with Gasteiger partial charge >= 0.3 is 0 Å². The standard InChI is InChI=1S/C21H23Cl2NO2/c1-14(24-21(25)20-3-2-12-26-20)19(16-6-10-18(23)11-7-16)13-15-4-8-17(22)9-5-15/h4-11,14,19-20H,2-3,12-13H2,1H3,(H,24,25)/t14-,19+,20?/m1/s1. The van der Waals surface area contributed by atoms with Crippen LogP contribution in [0.5, 0.6) is 0 Å². The van der Waals surface area contributed by atoms with E-state index in [0.29, 0.717) is 11.6 Å². The zero-order valence-corrected chi connectivity index (χ0v) is 16.3. The van der Waals surface area contributed by atoms with Gasteiger partial charge in [0.05, 0.1) is 0 Å². The maximum atomic E-state index is 12.5. The summed E-state index contributed by atoms with van der Waals surface area (Å²) in [6, 6.07) is 15.6. The molecule has 2 aromatic carbocycles. The lowest BCUT2D eigenvalue weighted by molar-refractivity contribution is -0.130. The van der Waals surface area contributed by atoms with Crippen molar-refractivity contribution in [2.75, 3.05) is 6.61 Å². The molecule has 1 aliphatic rings. The van der Waals surface area contributed by atoms with E-state index in [-0.39, 0.29) is 24.0 Å². The van der Waals surface area contributed by atoms with E-state index in [0.717, 1.165) is 29.8 Å². The number of halogens is 2. The fourth-order valence-electron chi connectivity index (χ4n) is 3.37. The van der Waals surface area contributed by atoms with Crippen LogP contribution < -0.4 is 5.32 Å². The molecule has 1 amide bonds. The van der Waals surface area contributed by atoms with Crippen molar-refractivity contribution in [1.82, 2.24) is 5.32 Å². The third-order valence-corrected chi connectivity index (χ3v) is 5.37. The second kappa shape index (κ2) is 8.90. The molecule has 1 saturated heterocycles. The molecule has 3 rings (SSSR count). The fraction of sp³-hybridized carbons (Fsp3) is 0.381. The largest absolute Gasteiger partial charge is 0.368 e. The highest BCUT2D eigenvalue weighted by Crippen LogP contribution is 2.27. The lowest BCUT2D eigenvalue weighted by Crippen LogP contribution is -2.43. The molecule has 2 aromatic rings. The number of hydrogen-bond acceptors (Lipinski definition) is 2. The average Bonchev–Trinajstić information content (AvgIpc) is 3.17. The monoisotopic (exact) mass is 391 g/mol. The van der Waals surface area contributed by atoms with Crippen LogP contribution in [0.15, 0.2) is 48.5 Å². The molecule has 1 heterocycles. The summed E-state index contributed by atoms with van der Waals surface area (Å²) >= 11 is 12.0. The molecular formula is C21H23Cl2NO2. The van der Waals surface area contributed by atoms with E-state index in [4.69, 9.17) is 27.9 Å². The summed E-state index contributed by atoms with van der Waals surface area (Å²) in [5, 5.41) is 4.57. The van der Waals surface area contributed by atoms with E-state index in [9.17, 15) is 4.79 Å². The van der Waals surface area contributed by atoms with E-state index in [2.05, 4.69) is 5.32 Å². The third kappa shape index (κ3) is 5.00. The van der Waals surface area contributed by atoms with Crippen molar-refractivity contribution < 1.29 is 9.53 Å². The van der Waals surface area contributed by atoms with E-state index in [1.54, 1.807) is 0 Å². The van der Waals surface area contributed by atoms with Gasteiger partial charge in [-0.05, 0) is 61.6 Å². The van der Waals surface area contributed by atoms with Crippen LogP contribution in [-0.2, 0) is 16.0 Å². The first-order valence-corrected chi connectivity index (χ1v) is 9.70. The predicted octanol–water partition coefficient (Wildman–Crippen LogP) is 5.00. The van der Waals surface area contributed by atoms with Gasteiger partial charge in [0.1, 0.15) is 6.10 Å². The number of amides is 1. The summed E-state index contributed by atoms with van der Waals surface area (Å²) in [6.07, 6.45) is 2.21. The highest BCUT2D eigenvalue weighted by molar-refractivity contribution is 6.30. The van der Waals surface area contributed by atoms with Crippen molar-refractivity contribution in [2.24, 2.45) is 0 Å². The van der Waals surface area contributed by atoms with Gasteiger partial charge in [0.15, 0.2) is 0 Å². The molecule has 5 heteroatoms. The van der Waals surface area contributed by atoms with Crippen molar-refractivity contribution in [3.63, 3.8) is 0 Å². The van der Waals surface area contributed by atoms with Crippen LogP contribution in [0.25, 0.3) is 0 Å². The topological polar surface area (TPSA) is 38.3 Å². The molecule has 0 saturated carbocycles. The van der Waals surface area contributed by atoms with Gasteiger partial charge in [-0.15, -0.1) is 0 Å². The summed E-state index contributed by atoms with van der Waals surface area (Å²) in [4.78, 5) is 12.5. The Hall–Kier alpha value is -1.55. The van der Waals surface area contributed by atoms with Crippen LogP contribution in [0.3, 0.4) is 0 Å². The number of nitrogens with one attached hydrogen (secondary N) is 1. The van der Waals surface area contributed by atoms with E-state index < -0.39 is 0 Å². The summed E-state index contributed by atoms with van der Waals surface area (Å²) in [5.74, 6) is 0.101. The van der Waals surface area contributed by atoms with E-state index in [1.165, 1.54) is 5.56 Å². The molecule has 0 bridgehead atoms. The highest BCUT2D eigenvalue weighted by Gasteiger charge is 2.28. The number of benzene rings is 2. The molecule has 0 aliphatic carbocycles. The van der Waals surface area contributed by atoms with Crippen molar-refractivity contribution in [2.45, 2.75) is 44.2 Å². The molecule has 0 aromatic heterocycles. The van der Waals surface area contributed by atoms with Crippen molar-refractivity contribution in [3.05, 3.63) is 69.7 Å². The molecule has 3 nitrogen and oxygen atoms in total. The Labute approximate surface area is 164 Å². The molecule has 1 fully saturated rings. The van der Waals surface area contributed by atoms with Crippen molar-refractivity contribution in [3.8, 4) is 0 Å². The maximum absolute atomic E-state index is 12.5. The first-order valence-electron chi connectivity index (χ1n) is 8.95. The summed E-state index contributed by atoms with van der Waals surface area (Å²) in [6.45, 7) is 2.71. The molecule has 1 aliphatic heterocycles. The highest BCUT2D eigenvalue weighted by atomic mass is 35.5. The van der Waals surface area contributed by atoms with Gasteiger partial charge in [-0.25, -0.2) is 0 Å². The second-order valence-electron chi connectivity index (χ2n) is 6.79. The maximum Gasteiger partial charge on any atom is 0.249 e. The predicted molar refractivity (Wildman–Crippen MR) is 106 cm³/mol. The summed E-state index contributed by atoms with van der Waals surface area (Å²) in [7, 11) is 0. The first-order chi connectivity index (χ1) is 12.5. The first kappa shape index (κ1) is 19.2.